The first-order valence-electron chi connectivity index (χ1n) is 6.84. The average Bonchev–Trinajstić information content (AvgIpc) is 2.38. The first-order chi connectivity index (χ1) is 8.78. The van der Waals surface area contributed by atoms with E-state index in [1.165, 1.54) is 18.5 Å². The second-order valence-corrected chi connectivity index (χ2v) is 5.52. The first kappa shape index (κ1) is 11.7. The molecule has 0 radical (unpaired) electrons. The van der Waals surface area contributed by atoms with Gasteiger partial charge in [0.05, 0.1) is 0 Å². The molecule has 3 heteroatoms. The van der Waals surface area contributed by atoms with Crippen molar-refractivity contribution in [3.05, 3.63) is 46.9 Å². The summed E-state index contributed by atoms with van der Waals surface area (Å²) in [6.07, 6.45) is 6.58. The lowest BCUT2D eigenvalue weighted by Gasteiger charge is -2.41. The van der Waals surface area contributed by atoms with Gasteiger partial charge in [0.2, 0.25) is 0 Å². The summed E-state index contributed by atoms with van der Waals surface area (Å²) in [5.41, 5.74) is 1.32. The monoisotopic (exact) mass is 244 g/mol. The van der Waals surface area contributed by atoms with Crippen molar-refractivity contribution in [2.24, 2.45) is 5.92 Å². The number of hydrogen-bond acceptors (Lipinski definition) is 2. The molecule has 3 atom stereocenters. The molecular formula is C15H20N2O. The number of piperidine rings is 1. The fourth-order valence-corrected chi connectivity index (χ4v) is 3.42. The molecule has 0 aliphatic carbocycles. The van der Waals surface area contributed by atoms with E-state index in [2.05, 4.69) is 18.0 Å². The van der Waals surface area contributed by atoms with E-state index in [1.807, 2.05) is 16.7 Å². The van der Waals surface area contributed by atoms with Crippen LogP contribution >= 0.6 is 0 Å². The maximum atomic E-state index is 11.9. The highest BCUT2D eigenvalue weighted by Crippen LogP contribution is 2.35. The zero-order chi connectivity index (χ0) is 12.5. The molecule has 3 nitrogen and oxygen atoms in total. The fourth-order valence-electron chi connectivity index (χ4n) is 3.42. The number of allylic oxidation sites excluding steroid dienone is 1. The Morgan fingerprint density at radius 3 is 3.17 bits per heavy atom. The molecule has 3 heterocycles. The smallest absolute Gasteiger partial charge is 0.250 e. The van der Waals surface area contributed by atoms with E-state index in [0.29, 0.717) is 18.0 Å². The Labute approximate surface area is 108 Å². The summed E-state index contributed by atoms with van der Waals surface area (Å²) in [4.78, 5) is 11.9. The quantitative estimate of drug-likeness (QED) is 0.827. The Hall–Kier alpha value is -1.35. The zero-order valence-corrected chi connectivity index (χ0v) is 10.6. The van der Waals surface area contributed by atoms with Gasteiger partial charge in [-0.15, -0.1) is 6.58 Å². The summed E-state index contributed by atoms with van der Waals surface area (Å²) >= 11 is 0. The van der Waals surface area contributed by atoms with Crippen molar-refractivity contribution in [3.8, 4) is 0 Å². The van der Waals surface area contributed by atoms with Crippen LogP contribution < -0.4 is 10.9 Å². The second kappa shape index (κ2) is 4.73. The van der Waals surface area contributed by atoms with Crippen LogP contribution in [0.1, 0.15) is 37.4 Å². The lowest BCUT2D eigenvalue weighted by Crippen LogP contribution is -2.47. The van der Waals surface area contributed by atoms with Gasteiger partial charge < -0.3 is 9.88 Å². The van der Waals surface area contributed by atoms with Gasteiger partial charge in [-0.1, -0.05) is 12.1 Å². The predicted octanol–water partition coefficient (Wildman–Crippen LogP) is 2.24. The first-order valence-corrected chi connectivity index (χ1v) is 6.84. The van der Waals surface area contributed by atoms with Crippen molar-refractivity contribution in [2.45, 2.75) is 44.3 Å². The van der Waals surface area contributed by atoms with Crippen molar-refractivity contribution in [2.75, 3.05) is 0 Å². The average molecular weight is 244 g/mol. The fraction of sp³-hybridized carbons (Fsp3) is 0.533. The highest BCUT2D eigenvalue weighted by molar-refractivity contribution is 5.16. The minimum Gasteiger partial charge on any atom is -0.311 e. The molecule has 1 fully saturated rings. The molecule has 2 bridgehead atoms. The molecule has 0 spiro atoms. The molecule has 1 aromatic rings. The minimum atomic E-state index is 0.147. The molecule has 0 aromatic carbocycles. The third-order valence-corrected chi connectivity index (χ3v) is 4.22. The summed E-state index contributed by atoms with van der Waals surface area (Å²) in [6, 6.07) is 6.58. The summed E-state index contributed by atoms with van der Waals surface area (Å²) in [5.74, 6) is 0.652. The Bertz CT molecular complexity index is 505. The zero-order valence-electron chi connectivity index (χ0n) is 10.6. The van der Waals surface area contributed by atoms with Crippen LogP contribution in [0.5, 0.6) is 0 Å². The van der Waals surface area contributed by atoms with Gasteiger partial charge in [-0.05, 0) is 37.7 Å². The Morgan fingerprint density at radius 1 is 1.44 bits per heavy atom. The van der Waals surface area contributed by atoms with Crippen molar-refractivity contribution >= 4 is 0 Å². The van der Waals surface area contributed by atoms with Crippen LogP contribution in [0.2, 0.25) is 0 Å². The highest BCUT2D eigenvalue weighted by Gasteiger charge is 2.34. The predicted molar refractivity (Wildman–Crippen MR) is 72.5 cm³/mol. The number of fused-ring (bicyclic) bond motifs is 4. The molecule has 2 unspecified atom stereocenters. The molecule has 1 saturated heterocycles. The number of pyridine rings is 1. The van der Waals surface area contributed by atoms with Crippen LogP contribution in [-0.4, -0.2) is 10.6 Å². The molecule has 2 aliphatic rings. The van der Waals surface area contributed by atoms with Gasteiger partial charge in [-0.3, -0.25) is 4.79 Å². The van der Waals surface area contributed by atoms with Crippen LogP contribution in [-0.2, 0) is 6.54 Å². The summed E-state index contributed by atoms with van der Waals surface area (Å²) in [6.45, 7) is 4.69. The van der Waals surface area contributed by atoms with E-state index in [0.717, 1.165) is 19.4 Å². The SMILES string of the molecule is C=CCCC1CC2C[C@@H](N1)c1cccc(=O)n1C2. The number of aromatic nitrogens is 1. The van der Waals surface area contributed by atoms with E-state index < -0.39 is 0 Å². The van der Waals surface area contributed by atoms with Crippen LogP contribution in [0.3, 0.4) is 0 Å². The molecule has 1 aromatic heterocycles. The summed E-state index contributed by atoms with van der Waals surface area (Å²) in [7, 11) is 0. The van der Waals surface area contributed by atoms with E-state index in [4.69, 9.17) is 0 Å². The van der Waals surface area contributed by atoms with Crippen LogP contribution in [0.25, 0.3) is 0 Å². The van der Waals surface area contributed by atoms with Gasteiger partial charge in [0, 0.05) is 30.4 Å². The topological polar surface area (TPSA) is 34.0 Å². The Kier molecular flexibility index (Phi) is 3.08. The van der Waals surface area contributed by atoms with E-state index >= 15 is 0 Å². The van der Waals surface area contributed by atoms with Gasteiger partial charge >= 0.3 is 0 Å². The molecule has 0 saturated carbocycles. The van der Waals surface area contributed by atoms with Crippen LogP contribution in [0, 0.1) is 5.92 Å². The molecule has 18 heavy (non-hydrogen) atoms. The maximum absolute atomic E-state index is 11.9. The number of hydrogen-bond donors (Lipinski definition) is 1. The lowest BCUT2D eigenvalue weighted by molar-refractivity contribution is 0.178. The van der Waals surface area contributed by atoms with Gasteiger partial charge in [0.1, 0.15) is 0 Å². The van der Waals surface area contributed by atoms with Crippen molar-refractivity contribution in [1.82, 2.24) is 9.88 Å². The van der Waals surface area contributed by atoms with Gasteiger partial charge in [-0.2, -0.15) is 0 Å². The van der Waals surface area contributed by atoms with E-state index in [1.54, 1.807) is 6.07 Å². The van der Waals surface area contributed by atoms with Crippen LogP contribution in [0.15, 0.2) is 35.6 Å². The van der Waals surface area contributed by atoms with E-state index in [-0.39, 0.29) is 5.56 Å². The number of nitrogens with zero attached hydrogens (tertiary/aromatic N) is 1. The van der Waals surface area contributed by atoms with Gasteiger partial charge in [0.25, 0.3) is 5.56 Å². The van der Waals surface area contributed by atoms with E-state index in [9.17, 15) is 4.79 Å². The third kappa shape index (κ3) is 2.03. The third-order valence-electron chi connectivity index (χ3n) is 4.22. The summed E-state index contributed by atoms with van der Waals surface area (Å²) < 4.78 is 1.95. The normalized spacial score (nSPS) is 29.7. The molecule has 0 amide bonds. The molecule has 3 rings (SSSR count). The number of nitrogens with one attached hydrogen (secondary N) is 1. The van der Waals surface area contributed by atoms with Crippen molar-refractivity contribution in [3.63, 3.8) is 0 Å². The molecule has 2 aliphatic heterocycles. The Balaban J connectivity index is 1.85. The van der Waals surface area contributed by atoms with Gasteiger partial charge in [0.15, 0.2) is 0 Å². The largest absolute Gasteiger partial charge is 0.311 e. The van der Waals surface area contributed by atoms with Crippen molar-refractivity contribution in [1.29, 1.82) is 0 Å². The standard InChI is InChI=1S/C15H20N2O/c1-2-3-5-12-8-11-9-13(16-12)14-6-4-7-15(18)17(14)10-11/h2,4,6-7,11-13,16H,1,3,5,8-10H2/t11?,12?,13-/m1/s1. The minimum absolute atomic E-state index is 0.147. The molecular weight excluding hydrogens is 224 g/mol. The number of rotatable bonds is 3. The van der Waals surface area contributed by atoms with Crippen LogP contribution in [0.4, 0.5) is 0 Å². The molecule has 96 valence electrons. The van der Waals surface area contributed by atoms with Crippen molar-refractivity contribution < 1.29 is 0 Å². The maximum Gasteiger partial charge on any atom is 0.250 e. The highest BCUT2D eigenvalue weighted by atomic mass is 16.1. The molecule has 1 N–H and O–H groups in total. The lowest BCUT2D eigenvalue weighted by atomic mass is 9.82. The summed E-state index contributed by atoms with van der Waals surface area (Å²) in [5, 5.41) is 3.70. The second-order valence-electron chi connectivity index (χ2n) is 5.52. The van der Waals surface area contributed by atoms with Gasteiger partial charge in [-0.25, -0.2) is 0 Å². The Morgan fingerprint density at radius 2 is 2.33 bits per heavy atom.